The van der Waals surface area contributed by atoms with Gasteiger partial charge in [-0.2, -0.15) is 0 Å². The molecule has 2 N–H and O–H groups in total. The molecule has 2 nitrogen and oxygen atoms in total. The van der Waals surface area contributed by atoms with Crippen LogP contribution in [0.5, 0.6) is 0 Å². The van der Waals surface area contributed by atoms with Crippen molar-refractivity contribution in [2.45, 2.75) is 58.6 Å². The first-order valence-corrected chi connectivity index (χ1v) is 7.93. The van der Waals surface area contributed by atoms with Gasteiger partial charge in [0.15, 0.2) is 0 Å². The molecule has 1 aromatic carbocycles. The van der Waals surface area contributed by atoms with Crippen LogP contribution >= 0.6 is 0 Å². The molecule has 112 valence electrons. The van der Waals surface area contributed by atoms with Crippen molar-refractivity contribution in [1.82, 2.24) is 5.32 Å². The highest BCUT2D eigenvalue weighted by Gasteiger charge is 2.31. The van der Waals surface area contributed by atoms with E-state index in [1.54, 1.807) is 0 Å². The molecule has 0 saturated heterocycles. The van der Waals surface area contributed by atoms with Crippen LogP contribution in [0.4, 0.5) is 0 Å². The molecule has 0 amide bonds. The van der Waals surface area contributed by atoms with Gasteiger partial charge in [0.2, 0.25) is 0 Å². The van der Waals surface area contributed by atoms with Crippen molar-refractivity contribution in [2.24, 2.45) is 11.3 Å². The van der Waals surface area contributed by atoms with Crippen LogP contribution in [-0.2, 0) is 0 Å². The third-order valence-electron chi connectivity index (χ3n) is 4.42. The number of aliphatic hydroxyl groups is 1. The molecule has 2 rings (SSSR count). The Morgan fingerprint density at radius 2 is 1.95 bits per heavy atom. The Kier molecular flexibility index (Phi) is 5.22. The molecule has 0 aromatic heterocycles. The first kappa shape index (κ1) is 15.5. The predicted molar refractivity (Wildman–Crippen MR) is 84.6 cm³/mol. The highest BCUT2D eigenvalue weighted by atomic mass is 16.3. The minimum atomic E-state index is -0.349. The van der Waals surface area contributed by atoms with Crippen molar-refractivity contribution in [2.75, 3.05) is 6.54 Å². The number of nitrogens with one attached hydrogen (secondary N) is 1. The van der Waals surface area contributed by atoms with Gasteiger partial charge in [-0.15, -0.1) is 0 Å². The Morgan fingerprint density at radius 1 is 1.25 bits per heavy atom. The average Bonchev–Trinajstić information content (AvgIpc) is 2.37. The molecule has 0 bridgehead atoms. The Morgan fingerprint density at radius 3 is 2.60 bits per heavy atom. The van der Waals surface area contributed by atoms with E-state index in [1.165, 1.54) is 19.3 Å². The number of rotatable bonds is 5. The Hall–Kier alpha value is -0.860. The zero-order chi connectivity index (χ0) is 14.6. The third kappa shape index (κ3) is 4.60. The normalized spacial score (nSPS) is 27.2. The van der Waals surface area contributed by atoms with E-state index in [9.17, 15) is 5.11 Å². The second kappa shape index (κ2) is 6.73. The summed E-state index contributed by atoms with van der Waals surface area (Å²) in [6, 6.07) is 10.6. The van der Waals surface area contributed by atoms with Crippen molar-refractivity contribution in [3.8, 4) is 0 Å². The molecule has 1 aromatic rings. The molecule has 1 fully saturated rings. The molecular weight excluding hydrogens is 246 g/mol. The molecular formula is C18H29NO. The second-order valence-corrected chi connectivity index (χ2v) is 7.28. The Labute approximate surface area is 123 Å². The molecule has 1 saturated carbocycles. The van der Waals surface area contributed by atoms with Gasteiger partial charge in [-0.25, -0.2) is 0 Å². The van der Waals surface area contributed by atoms with E-state index in [0.29, 0.717) is 11.5 Å². The topological polar surface area (TPSA) is 32.3 Å². The molecule has 3 unspecified atom stereocenters. The third-order valence-corrected chi connectivity index (χ3v) is 4.42. The number of hydrogen-bond acceptors (Lipinski definition) is 2. The van der Waals surface area contributed by atoms with E-state index >= 15 is 0 Å². The van der Waals surface area contributed by atoms with Crippen LogP contribution in [0.2, 0.25) is 0 Å². The van der Waals surface area contributed by atoms with Gasteiger partial charge >= 0.3 is 0 Å². The van der Waals surface area contributed by atoms with Crippen LogP contribution < -0.4 is 5.32 Å². The molecule has 3 atom stereocenters. The number of hydrogen-bond donors (Lipinski definition) is 2. The number of benzene rings is 1. The largest absolute Gasteiger partial charge is 0.388 e. The predicted octanol–water partition coefficient (Wildman–Crippen LogP) is 3.91. The van der Waals surface area contributed by atoms with Crippen LogP contribution in [0.1, 0.15) is 58.1 Å². The monoisotopic (exact) mass is 275 g/mol. The number of aliphatic hydroxyl groups excluding tert-OH is 1. The van der Waals surface area contributed by atoms with Gasteiger partial charge in [-0.1, -0.05) is 51.1 Å². The highest BCUT2D eigenvalue weighted by Crippen LogP contribution is 2.38. The van der Waals surface area contributed by atoms with E-state index in [1.807, 2.05) is 30.3 Å². The van der Waals surface area contributed by atoms with Crippen LogP contribution in [0.25, 0.3) is 0 Å². The zero-order valence-electron chi connectivity index (χ0n) is 13.1. The second-order valence-electron chi connectivity index (χ2n) is 7.28. The SMILES string of the molecule is CC1CC(NCCC(O)c2ccccc2)CC(C)(C)C1. The minimum absolute atomic E-state index is 0.349. The fourth-order valence-corrected chi connectivity index (χ4v) is 3.77. The van der Waals surface area contributed by atoms with Gasteiger partial charge in [0.25, 0.3) is 0 Å². The maximum atomic E-state index is 10.2. The van der Waals surface area contributed by atoms with E-state index < -0.39 is 0 Å². The molecule has 1 aliphatic carbocycles. The van der Waals surface area contributed by atoms with Crippen molar-refractivity contribution in [1.29, 1.82) is 0 Å². The standard InChI is InChI=1S/C18H29NO/c1-14-11-16(13-18(2,3)12-14)19-10-9-17(20)15-7-5-4-6-8-15/h4-8,14,16-17,19-20H,9-13H2,1-3H3. The summed E-state index contributed by atoms with van der Waals surface area (Å²) < 4.78 is 0. The zero-order valence-corrected chi connectivity index (χ0v) is 13.1. The van der Waals surface area contributed by atoms with Crippen LogP contribution in [0.3, 0.4) is 0 Å². The molecule has 1 aliphatic rings. The van der Waals surface area contributed by atoms with Gasteiger partial charge in [0.1, 0.15) is 0 Å². The van der Waals surface area contributed by atoms with Gasteiger partial charge < -0.3 is 10.4 Å². The lowest BCUT2D eigenvalue weighted by Gasteiger charge is -2.39. The summed E-state index contributed by atoms with van der Waals surface area (Å²) in [5.41, 5.74) is 1.47. The van der Waals surface area contributed by atoms with Crippen LogP contribution in [0, 0.1) is 11.3 Å². The average molecular weight is 275 g/mol. The summed E-state index contributed by atoms with van der Waals surface area (Å²) in [4.78, 5) is 0. The first-order chi connectivity index (χ1) is 9.46. The van der Waals surface area contributed by atoms with Crippen molar-refractivity contribution in [3.63, 3.8) is 0 Å². The summed E-state index contributed by atoms with van der Waals surface area (Å²) in [7, 11) is 0. The smallest absolute Gasteiger partial charge is 0.0802 e. The fourth-order valence-electron chi connectivity index (χ4n) is 3.77. The molecule has 20 heavy (non-hydrogen) atoms. The van der Waals surface area contributed by atoms with Gasteiger partial charge in [0, 0.05) is 6.04 Å². The summed E-state index contributed by atoms with van der Waals surface area (Å²) >= 11 is 0. The van der Waals surface area contributed by atoms with Gasteiger partial charge in [-0.05, 0) is 49.1 Å². The first-order valence-electron chi connectivity index (χ1n) is 7.93. The summed E-state index contributed by atoms with van der Waals surface area (Å²) in [6.45, 7) is 7.99. The lowest BCUT2D eigenvalue weighted by atomic mass is 9.70. The maximum absolute atomic E-state index is 10.2. The fraction of sp³-hybridized carbons (Fsp3) is 0.667. The minimum Gasteiger partial charge on any atom is -0.388 e. The van der Waals surface area contributed by atoms with E-state index in [2.05, 4.69) is 26.1 Å². The van der Waals surface area contributed by atoms with Crippen LogP contribution in [0.15, 0.2) is 30.3 Å². The Balaban J connectivity index is 1.75. The molecule has 0 spiro atoms. The molecule has 0 aliphatic heterocycles. The van der Waals surface area contributed by atoms with Crippen molar-refractivity contribution in [3.05, 3.63) is 35.9 Å². The van der Waals surface area contributed by atoms with Gasteiger partial charge in [-0.3, -0.25) is 0 Å². The van der Waals surface area contributed by atoms with Crippen molar-refractivity contribution < 1.29 is 5.11 Å². The highest BCUT2D eigenvalue weighted by molar-refractivity contribution is 5.17. The lowest BCUT2D eigenvalue weighted by Crippen LogP contribution is -2.40. The van der Waals surface area contributed by atoms with E-state index in [-0.39, 0.29) is 6.10 Å². The lowest BCUT2D eigenvalue weighted by molar-refractivity contribution is 0.138. The summed E-state index contributed by atoms with van der Waals surface area (Å²) in [5, 5.41) is 13.8. The molecule has 0 radical (unpaired) electrons. The summed E-state index contributed by atoms with van der Waals surface area (Å²) in [6.07, 6.45) is 4.29. The quantitative estimate of drug-likeness (QED) is 0.854. The van der Waals surface area contributed by atoms with Gasteiger partial charge in [0.05, 0.1) is 6.10 Å². The summed E-state index contributed by atoms with van der Waals surface area (Å²) in [5.74, 6) is 0.801. The molecule has 2 heteroatoms. The van der Waals surface area contributed by atoms with E-state index in [0.717, 1.165) is 24.4 Å². The Bertz CT molecular complexity index is 401. The van der Waals surface area contributed by atoms with Crippen molar-refractivity contribution >= 4 is 0 Å². The van der Waals surface area contributed by atoms with Crippen LogP contribution in [-0.4, -0.2) is 17.7 Å². The molecule has 0 heterocycles. The maximum Gasteiger partial charge on any atom is 0.0802 e. The van der Waals surface area contributed by atoms with E-state index in [4.69, 9.17) is 0 Å².